The van der Waals surface area contributed by atoms with Gasteiger partial charge in [0.05, 0.1) is 13.2 Å². The summed E-state index contributed by atoms with van der Waals surface area (Å²) in [5, 5.41) is 3.28. The summed E-state index contributed by atoms with van der Waals surface area (Å²) in [6.45, 7) is 3.24. The van der Waals surface area contributed by atoms with Crippen molar-refractivity contribution in [2.45, 2.75) is 0 Å². The van der Waals surface area contributed by atoms with Crippen LogP contribution < -0.4 is 10.2 Å². The molecule has 1 aliphatic heterocycles. The van der Waals surface area contributed by atoms with Crippen LogP contribution in [0.1, 0.15) is 0 Å². The van der Waals surface area contributed by atoms with Crippen LogP contribution in [-0.4, -0.2) is 36.3 Å². The molecule has 0 saturated carbocycles. The minimum absolute atomic E-state index is 0.749. The first-order valence-electron chi connectivity index (χ1n) is 6.48. The highest BCUT2D eigenvalue weighted by atomic mass is 79.9. The summed E-state index contributed by atoms with van der Waals surface area (Å²) in [5.74, 6) is 1.73. The van der Waals surface area contributed by atoms with Gasteiger partial charge >= 0.3 is 0 Å². The standard InChI is InChI=1S/C14H15BrN4O/c15-11-1-3-12(4-2-11)18-13-9-14(17-10-16-13)19-5-7-20-8-6-19/h1-4,9-10H,5-8H2,(H,16,17,18). The summed E-state index contributed by atoms with van der Waals surface area (Å²) < 4.78 is 6.41. The van der Waals surface area contributed by atoms with Gasteiger partial charge < -0.3 is 15.0 Å². The van der Waals surface area contributed by atoms with E-state index in [1.807, 2.05) is 30.3 Å². The van der Waals surface area contributed by atoms with Gasteiger partial charge in [-0.2, -0.15) is 0 Å². The summed E-state index contributed by atoms with van der Waals surface area (Å²) in [6.07, 6.45) is 1.59. The zero-order chi connectivity index (χ0) is 13.8. The first-order valence-corrected chi connectivity index (χ1v) is 7.28. The predicted molar refractivity (Wildman–Crippen MR) is 82.5 cm³/mol. The van der Waals surface area contributed by atoms with E-state index in [9.17, 15) is 0 Å². The van der Waals surface area contributed by atoms with E-state index in [1.54, 1.807) is 6.33 Å². The van der Waals surface area contributed by atoms with Gasteiger partial charge in [-0.05, 0) is 24.3 Å². The van der Waals surface area contributed by atoms with Gasteiger partial charge in [0, 0.05) is 29.3 Å². The minimum atomic E-state index is 0.749. The summed E-state index contributed by atoms with van der Waals surface area (Å²) in [5.41, 5.74) is 1.000. The highest BCUT2D eigenvalue weighted by Gasteiger charge is 2.12. The highest BCUT2D eigenvalue weighted by molar-refractivity contribution is 9.10. The number of aromatic nitrogens is 2. The molecule has 1 aromatic heterocycles. The van der Waals surface area contributed by atoms with Gasteiger partial charge in [0.25, 0.3) is 0 Å². The van der Waals surface area contributed by atoms with E-state index in [-0.39, 0.29) is 0 Å². The van der Waals surface area contributed by atoms with E-state index >= 15 is 0 Å². The number of hydrogen-bond acceptors (Lipinski definition) is 5. The maximum absolute atomic E-state index is 5.35. The Morgan fingerprint density at radius 3 is 2.60 bits per heavy atom. The quantitative estimate of drug-likeness (QED) is 0.935. The molecule has 0 atom stereocenters. The zero-order valence-electron chi connectivity index (χ0n) is 10.9. The van der Waals surface area contributed by atoms with E-state index in [2.05, 4.69) is 36.1 Å². The van der Waals surface area contributed by atoms with Crippen molar-refractivity contribution in [1.82, 2.24) is 9.97 Å². The Morgan fingerprint density at radius 2 is 1.85 bits per heavy atom. The Morgan fingerprint density at radius 1 is 1.10 bits per heavy atom. The number of ether oxygens (including phenoxy) is 1. The van der Waals surface area contributed by atoms with Crippen LogP contribution in [0, 0.1) is 0 Å². The molecule has 20 heavy (non-hydrogen) atoms. The van der Waals surface area contributed by atoms with Gasteiger partial charge in [0.2, 0.25) is 0 Å². The van der Waals surface area contributed by atoms with Crippen molar-refractivity contribution in [2.75, 3.05) is 36.5 Å². The number of anilines is 3. The van der Waals surface area contributed by atoms with Gasteiger partial charge in [0.1, 0.15) is 18.0 Å². The largest absolute Gasteiger partial charge is 0.378 e. The minimum Gasteiger partial charge on any atom is -0.378 e. The van der Waals surface area contributed by atoms with Crippen molar-refractivity contribution in [2.24, 2.45) is 0 Å². The Hall–Kier alpha value is -1.66. The highest BCUT2D eigenvalue weighted by Crippen LogP contribution is 2.20. The molecule has 104 valence electrons. The van der Waals surface area contributed by atoms with Crippen LogP contribution in [-0.2, 0) is 4.74 Å². The number of morpholine rings is 1. The molecule has 0 bridgehead atoms. The van der Waals surface area contributed by atoms with Crippen molar-refractivity contribution in [3.05, 3.63) is 41.1 Å². The topological polar surface area (TPSA) is 50.3 Å². The van der Waals surface area contributed by atoms with Gasteiger partial charge in [-0.3, -0.25) is 0 Å². The number of halogens is 1. The van der Waals surface area contributed by atoms with Crippen molar-refractivity contribution >= 4 is 33.3 Å². The second-order valence-corrected chi connectivity index (χ2v) is 5.41. The second kappa shape index (κ2) is 6.19. The molecular formula is C14H15BrN4O. The molecule has 0 unspecified atom stereocenters. The number of nitrogens with one attached hydrogen (secondary N) is 1. The third-order valence-electron chi connectivity index (χ3n) is 3.10. The lowest BCUT2D eigenvalue weighted by Crippen LogP contribution is -2.36. The van der Waals surface area contributed by atoms with Crippen molar-refractivity contribution < 1.29 is 4.74 Å². The first kappa shape index (κ1) is 13.3. The fourth-order valence-electron chi connectivity index (χ4n) is 2.06. The molecule has 1 fully saturated rings. The third kappa shape index (κ3) is 3.26. The zero-order valence-corrected chi connectivity index (χ0v) is 12.5. The molecule has 1 saturated heterocycles. The third-order valence-corrected chi connectivity index (χ3v) is 3.63. The van der Waals surface area contributed by atoms with Crippen molar-refractivity contribution in [3.8, 4) is 0 Å². The molecule has 0 aliphatic carbocycles. The van der Waals surface area contributed by atoms with Gasteiger partial charge in [-0.1, -0.05) is 15.9 Å². The second-order valence-electron chi connectivity index (χ2n) is 4.49. The molecule has 1 N–H and O–H groups in total. The average Bonchev–Trinajstić information content (AvgIpc) is 2.51. The van der Waals surface area contributed by atoms with E-state index < -0.39 is 0 Å². The number of rotatable bonds is 3. The summed E-state index contributed by atoms with van der Waals surface area (Å²) in [7, 11) is 0. The lowest BCUT2D eigenvalue weighted by Gasteiger charge is -2.27. The van der Waals surface area contributed by atoms with Crippen molar-refractivity contribution in [1.29, 1.82) is 0 Å². The molecule has 0 spiro atoms. The van der Waals surface area contributed by atoms with Crippen LogP contribution in [0.15, 0.2) is 41.1 Å². The molecule has 5 nitrogen and oxygen atoms in total. The van der Waals surface area contributed by atoms with Crippen LogP contribution in [0.4, 0.5) is 17.3 Å². The maximum atomic E-state index is 5.35. The molecule has 2 aromatic rings. The van der Waals surface area contributed by atoms with E-state index in [4.69, 9.17) is 4.74 Å². The molecule has 1 aromatic carbocycles. The molecule has 0 amide bonds. The van der Waals surface area contributed by atoms with Crippen LogP contribution >= 0.6 is 15.9 Å². The van der Waals surface area contributed by atoms with E-state index in [0.717, 1.165) is 48.1 Å². The predicted octanol–water partition coefficient (Wildman–Crippen LogP) is 2.82. The Balaban J connectivity index is 1.75. The number of nitrogens with zero attached hydrogens (tertiary/aromatic N) is 3. The maximum Gasteiger partial charge on any atom is 0.135 e. The molecule has 6 heteroatoms. The van der Waals surface area contributed by atoms with E-state index in [0.29, 0.717) is 0 Å². The lowest BCUT2D eigenvalue weighted by atomic mass is 10.3. The van der Waals surface area contributed by atoms with Crippen LogP contribution in [0.5, 0.6) is 0 Å². The monoisotopic (exact) mass is 334 g/mol. The fraction of sp³-hybridized carbons (Fsp3) is 0.286. The van der Waals surface area contributed by atoms with Crippen LogP contribution in [0.3, 0.4) is 0 Å². The number of benzene rings is 1. The van der Waals surface area contributed by atoms with Gasteiger partial charge in [0.15, 0.2) is 0 Å². The number of hydrogen-bond donors (Lipinski definition) is 1. The molecule has 3 rings (SSSR count). The van der Waals surface area contributed by atoms with Crippen molar-refractivity contribution in [3.63, 3.8) is 0 Å². The van der Waals surface area contributed by atoms with Gasteiger partial charge in [-0.25, -0.2) is 9.97 Å². The molecular weight excluding hydrogens is 320 g/mol. The Labute approximate surface area is 126 Å². The van der Waals surface area contributed by atoms with Gasteiger partial charge in [-0.15, -0.1) is 0 Å². The van der Waals surface area contributed by atoms with E-state index in [1.165, 1.54) is 0 Å². The smallest absolute Gasteiger partial charge is 0.135 e. The average molecular weight is 335 g/mol. The Bertz CT molecular complexity index is 570. The van der Waals surface area contributed by atoms with Crippen LogP contribution in [0.2, 0.25) is 0 Å². The molecule has 0 radical (unpaired) electrons. The first-order chi connectivity index (χ1) is 9.81. The Kier molecular flexibility index (Phi) is 4.13. The fourth-order valence-corrected chi connectivity index (χ4v) is 2.33. The molecule has 1 aliphatic rings. The SMILES string of the molecule is Brc1ccc(Nc2cc(N3CCOCC3)ncn2)cc1. The summed E-state index contributed by atoms with van der Waals surface area (Å²) in [6, 6.07) is 9.95. The normalized spacial score (nSPS) is 15.2. The lowest BCUT2D eigenvalue weighted by molar-refractivity contribution is 0.122. The molecule has 2 heterocycles. The summed E-state index contributed by atoms with van der Waals surface area (Å²) >= 11 is 3.42. The summed E-state index contributed by atoms with van der Waals surface area (Å²) in [4.78, 5) is 10.8. The van der Waals surface area contributed by atoms with Crippen LogP contribution in [0.25, 0.3) is 0 Å².